The van der Waals surface area contributed by atoms with Crippen molar-refractivity contribution in [2.75, 3.05) is 0 Å². The van der Waals surface area contributed by atoms with Gasteiger partial charge in [-0.05, 0) is 128 Å². The largest absolute Gasteiger partial charge is 0.673 e. The molecule has 0 amide bonds. The van der Waals surface area contributed by atoms with E-state index in [0.717, 1.165) is 0 Å². The number of benzene rings is 3. The van der Waals surface area contributed by atoms with Crippen LogP contribution >= 0.6 is 0 Å². The van der Waals surface area contributed by atoms with Crippen molar-refractivity contribution in [1.29, 1.82) is 0 Å². The van der Waals surface area contributed by atoms with Crippen molar-refractivity contribution in [3.8, 4) is 0 Å². The van der Waals surface area contributed by atoms with Crippen LogP contribution in [0, 0.1) is 147 Å². The summed E-state index contributed by atoms with van der Waals surface area (Å²) >= 11 is 0. The Balaban J connectivity index is 0.000000360. The quantitative estimate of drug-likeness (QED) is 0.108. The van der Waals surface area contributed by atoms with Gasteiger partial charge in [0.15, 0.2) is 0 Å². The van der Waals surface area contributed by atoms with E-state index in [1.54, 1.807) is 0 Å². The predicted molar refractivity (Wildman–Crippen MR) is 187 cm³/mol. The van der Waals surface area contributed by atoms with Crippen LogP contribution in [-0.2, 0) is 39.6 Å². The van der Waals surface area contributed by atoms with Crippen molar-refractivity contribution < 1.29 is 51.4 Å². The average molecular weight is 740 g/mol. The maximum absolute atomic E-state index is 9.75. The molecule has 0 bridgehead atoms. The third kappa shape index (κ3) is 19.0. The molecule has 3 aromatic carbocycles. The summed E-state index contributed by atoms with van der Waals surface area (Å²) < 4.78 is 39.0. The van der Waals surface area contributed by atoms with Crippen LogP contribution in [0.1, 0.15) is 16.7 Å². The third-order valence-corrected chi connectivity index (χ3v) is 6.61. The fourth-order valence-electron chi connectivity index (χ4n) is 4.64. The van der Waals surface area contributed by atoms with Crippen LogP contribution in [0.2, 0.25) is 0 Å². The van der Waals surface area contributed by atoms with E-state index in [2.05, 4.69) is 104 Å². The average Bonchev–Trinajstić information content (AvgIpc) is 3.79. The van der Waals surface area contributed by atoms with Gasteiger partial charge in [-0.25, -0.2) is 5.92 Å². The molecule has 3 aromatic rings. The second-order valence-electron chi connectivity index (χ2n) is 9.98. The fourth-order valence-corrected chi connectivity index (χ4v) is 4.64. The van der Waals surface area contributed by atoms with Crippen LogP contribution in [0.5, 0.6) is 0 Å². The Bertz CT molecular complexity index is 968. The van der Waals surface area contributed by atoms with E-state index in [1.165, 1.54) is 22.6 Å². The van der Waals surface area contributed by atoms with Crippen LogP contribution in [0.15, 0.2) is 91.0 Å². The summed E-state index contributed by atoms with van der Waals surface area (Å²) in [5, 5.41) is 0. The molecular formula is C42H37BF4Fe2-2. The van der Waals surface area contributed by atoms with E-state index < -0.39 is 7.25 Å². The Labute approximate surface area is 317 Å². The molecular weight excluding hydrogens is 703 g/mol. The third-order valence-electron chi connectivity index (χ3n) is 6.61. The molecule has 5 aliphatic rings. The summed E-state index contributed by atoms with van der Waals surface area (Å²) in [6, 6.07) is 32.4. The van der Waals surface area contributed by atoms with Gasteiger partial charge in [-0.2, -0.15) is 0 Å². The molecule has 0 aromatic heterocycles. The summed E-state index contributed by atoms with van der Waals surface area (Å²) in [5.41, 5.74) is 3.73. The Kier molecular flexibility index (Phi) is 25.1. The van der Waals surface area contributed by atoms with Gasteiger partial charge in [0.05, 0.1) is 0 Å². The van der Waals surface area contributed by atoms with Crippen LogP contribution in [-0.4, -0.2) is 7.25 Å². The van der Waals surface area contributed by atoms with E-state index in [0.29, 0.717) is 0 Å². The normalized spacial score (nSPS) is 17.3. The molecule has 0 saturated heterocycles. The van der Waals surface area contributed by atoms with Gasteiger partial charge in [0.2, 0.25) is 0 Å². The second kappa shape index (κ2) is 27.1. The first-order valence-electron chi connectivity index (χ1n) is 15.2. The standard InChI is InChI=1S/C22H17.4C5H5.BF4.2Fe/c1-4-10-18(11-5-1)22(21-16-17-21,19-12-6-2-7-13-19)20-14-8-3-9-15-20;4*1-2-4-5-3-1;2-1(3,4)5;;/h1-17H;4*1-5H;;;/q-1;;;;;-1;;. The SMILES string of the molecule is F[B-](F)(F)F.[CH]1[CH][CH][CH][CH]1.[CH]1[CH][CH][CH][CH]1.[CH]1[CH][CH][CH][CH]1.[CH]1[CH][CH][CH][CH]1.[Fe].[Fe].c1ccc(C(c2ccccc2)(c2ccccc2)[C+]2[CH-][CH-]2)cc1. The minimum absolute atomic E-state index is 0. The number of hydrogen-bond donors (Lipinski definition) is 0. The van der Waals surface area contributed by atoms with Gasteiger partial charge in [0.25, 0.3) is 0 Å². The topological polar surface area (TPSA) is 0 Å². The molecule has 0 heterocycles. The minimum atomic E-state index is -6.00. The first-order valence-corrected chi connectivity index (χ1v) is 15.2. The molecule has 49 heavy (non-hydrogen) atoms. The van der Waals surface area contributed by atoms with Gasteiger partial charge in [-0.1, -0.05) is 91.0 Å². The summed E-state index contributed by atoms with van der Waals surface area (Å²) in [5.74, 6) is 1.37. The number of halogens is 4. The monoisotopic (exact) mass is 740 g/mol. The molecule has 5 fully saturated rings. The number of hydrogen-bond acceptors (Lipinski definition) is 0. The molecule has 0 nitrogen and oxygen atoms in total. The van der Waals surface area contributed by atoms with Gasteiger partial charge in [-0.3, -0.25) is 12.8 Å². The van der Waals surface area contributed by atoms with Gasteiger partial charge in [0.1, 0.15) is 5.41 Å². The molecule has 0 unspecified atom stereocenters. The Morgan fingerprint density at radius 2 is 0.510 bits per heavy atom. The van der Waals surface area contributed by atoms with Gasteiger partial charge < -0.3 is 17.3 Å². The maximum Gasteiger partial charge on any atom is 0.673 e. The molecule has 5 aliphatic carbocycles. The molecule has 254 valence electrons. The predicted octanol–water partition coefficient (Wildman–Crippen LogP) is 10.4. The first kappa shape index (κ1) is 45.4. The maximum atomic E-state index is 9.75. The molecule has 8 rings (SSSR count). The van der Waals surface area contributed by atoms with Crippen molar-refractivity contribution in [3.63, 3.8) is 0 Å². The van der Waals surface area contributed by atoms with Crippen molar-refractivity contribution >= 4 is 7.25 Å². The zero-order chi connectivity index (χ0) is 33.5. The van der Waals surface area contributed by atoms with E-state index in [1.807, 2.05) is 128 Å². The Morgan fingerprint density at radius 3 is 0.653 bits per heavy atom. The zero-order valence-electron chi connectivity index (χ0n) is 26.7. The fraction of sp³-hybridized carbons (Fsp3) is 0.0238. The van der Waals surface area contributed by atoms with Crippen molar-refractivity contribution in [2.45, 2.75) is 5.41 Å². The zero-order valence-corrected chi connectivity index (χ0v) is 28.9. The van der Waals surface area contributed by atoms with Crippen LogP contribution in [0.25, 0.3) is 0 Å². The molecule has 0 N–H and O–H groups in total. The van der Waals surface area contributed by atoms with E-state index in [-0.39, 0.29) is 39.6 Å². The van der Waals surface area contributed by atoms with Gasteiger partial charge in [0, 0.05) is 50.8 Å². The molecule has 0 atom stereocenters. The van der Waals surface area contributed by atoms with Gasteiger partial charge >= 0.3 is 7.25 Å². The van der Waals surface area contributed by atoms with Crippen molar-refractivity contribution in [1.82, 2.24) is 0 Å². The van der Waals surface area contributed by atoms with E-state index in [9.17, 15) is 17.3 Å². The van der Waals surface area contributed by atoms with E-state index in [4.69, 9.17) is 0 Å². The summed E-state index contributed by atoms with van der Waals surface area (Å²) in [6.07, 6.45) is 44.5. The summed E-state index contributed by atoms with van der Waals surface area (Å²) in [4.78, 5) is 0. The second-order valence-corrected chi connectivity index (χ2v) is 9.98. The summed E-state index contributed by atoms with van der Waals surface area (Å²) in [6.45, 7) is 0. The molecule has 7 heteroatoms. The molecule has 0 spiro atoms. The van der Waals surface area contributed by atoms with E-state index >= 15 is 0 Å². The van der Waals surface area contributed by atoms with Crippen LogP contribution < -0.4 is 0 Å². The molecule has 5 saturated carbocycles. The number of rotatable bonds is 4. The Morgan fingerprint density at radius 1 is 0.347 bits per heavy atom. The van der Waals surface area contributed by atoms with Crippen LogP contribution in [0.3, 0.4) is 0 Å². The summed E-state index contributed by atoms with van der Waals surface area (Å²) in [7, 11) is -6.00. The van der Waals surface area contributed by atoms with Crippen molar-refractivity contribution in [3.05, 3.63) is 255 Å². The molecule has 20 radical (unpaired) electrons. The van der Waals surface area contributed by atoms with Crippen molar-refractivity contribution in [2.24, 2.45) is 0 Å². The minimum Gasteiger partial charge on any atom is -0.418 e. The van der Waals surface area contributed by atoms with Crippen LogP contribution in [0.4, 0.5) is 17.3 Å². The smallest absolute Gasteiger partial charge is 0.418 e. The Hall–Kier alpha value is -1.65. The first-order chi connectivity index (χ1) is 22.9. The van der Waals surface area contributed by atoms with Gasteiger partial charge in [-0.15, -0.1) is 0 Å². The molecule has 0 aliphatic heterocycles.